The fourth-order valence-electron chi connectivity index (χ4n) is 3.03. The van der Waals surface area contributed by atoms with E-state index in [2.05, 4.69) is 20.3 Å². The number of hydrogen-bond acceptors (Lipinski definition) is 9. The number of methoxy groups -OCH3 is 1. The number of thioether (sulfide) groups is 1. The first-order valence-corrected chi connectivity index (χ1v) is 13.6. The lowest BCUT2D eigenvalue weighted by Crippen LogP contribution is -2.41. The lowest BCUT2D eigenvalue weighted by atomic mass is 9.97. The highest BCUT2D eigenvalue weighted by molar-refractivity contribution is 8.01. The molecule has 0 radical (unpaired) electrons. The van der Waals surface area contributed by atoms with Gasteiger partial charge in [-0.2, -0.15) is 0 Å². The quantitative estimate of drug-likeness (QED) is 0.309. The van der Waals surface area contributed by atoms with E-state index < -0.39 is 10.0 Å². The van der Waals surface area contributed by atoms with Crippen LogP contribution in [0.5, 0.6) is 0 Å². The summed E-state index contributed by atoms with van der Waals surface area (Å²) in [4.78, 5) is 23.8. The average molecular weight is 539 g/mol. The second kappa shape index (κ2) is 11.1. The van der Waals surface area contributed by atoms with Crippen LogP contribution in [0.15, 0.2) is 22.5 Å². The van der Waals surface area contributed by atoms with E-state index in [9.17, 15) is 18.0 Å². The van der Waals surface area contributed by atoms with Crippen LogP contribution in [0.25, 0.3) is 0 Å². The van der Waals surface area contributed by atoms with Crippen molar-refractivity contribution in [2.24, 2.45) is 5.92 Å². The Bertz CT molecular complexity index is 1090. The van der Waals surface area contributed by atoms with Gasteiger partial charge < -0.3 is 10.1 Å². The zero-order chi connectivity index (χ0) is 23.3. The molecular weight excluding hydrogens is 519 g/mol. The number of piperidine rings is 1. The summed E-state index contributed by atoms with van der Waals surface area (Å²) in [6, 6.07) is 4.71. The molecule has 1 saturated heterocycles. The minimum absolute atomic E-state index is 0.104. The summed E-state index contributed by atoms with van der Waals surface area (Å²) >= 11 is 14.3. The number of aromatic nitrogens is 2. The minimum atomic E-state index is -3.58. The number of carbonyl (C=O) groups excluding carboxylic acids is 2. The number of esters is 1. The Labute approximate surface area is 203 Å². The van der Waals surface area contributed by atoms with Crippen molar-refractivity contribution in [3.8, 4) is 0 Å². The Morgan fingerprint density at radius 1 is 1.28 bits per heavy atom. The van der Waals surface area contributed by atoms with E-state index in [4.69, 9.17) is 23.2 Å². The first kappa shape index (κ1) is 25.2. The molecule has 0 spiro atoms. The first-order valence-electron chi connectivity index (χ1n) is 9.43. The van der Waals surface area contributed by atoms with E-state index in [0.29, 0.717) is 37.9 Å². The molecule has 0 saturated carbocycles. The fourth-order valence-corrected chi connectivity index (χ4v) is 6.76. The van der Waals surface area contributed by atoms with Crippen LogP contribution in [-0.2, 0) is 30.1 Å². The zero-order valence-corrected chi connectivity index (χ0v) is 20.9. The number of carbonyl (C=O) groups is 2. The van der Waals surface area contributed by atoms with Gasteiger partial charge in [-0.25, -0.2) is 12.7 Å². The van der Waals surface area contributed by atoms with E-state index in [1.807, 2.05) is 0 Å². The number of amides is 1. The third kappa shape index (κ3) is 6.78. The Morgan fingerprint density at radius 2 is 2.00 bits per heavy atom. The third-order valence-corrected chi connectivity index (χ3v) is 9.11. The molecule has 1 aromatic carbocycles. The average Bonchev–Trinajstić information content (AvgIpc) is 3.21. The van der Waals surface area contributed by atoms with E-state index in [0.717, 1.165) is 11.3 Å². The summed E-state index contributed by atoms with van der Waals surface area (Å²) < 4.78 is 32.0. The molecule has 14 heteroatoms. The van der Waals surface area contributed by atoms with Gasteiger partial charge >= 0.3 is 5.97 Å². The predicted molar refractivity (Wildman–Crippen MR) is 125 cm³/mol. The lowest BCUT2D eigenvalue weighted by Gasteiger charge is -2.30. The molecular formula is C18H20Cl2N4O5S3. The van der Waals surface area contributed by atoms with Crippen molar-refractivity contribution in [2.75, 3.05) is 31.3 Å². The molecule has 3 rings (SSSR count). The van der Waals surface area contributed by atoms with Crippen LogP contribution < -0.4 is 5.32 Å². The summed E-state index contributed by atoms with van der Waals surface area (Å²) in [6.07, 6.45) is 0.782. The van der Waals surface area contributed by atoms with Crippen molar-refractivity contribution in [1.82, 2.24) is 14.5 Å². The monoisotopic (exact) mass is 538 g/mol. The summed E-state index contributed by atoms with van der Waals surface area (Å²) in [7, 11) is -2.28. The Kier molecular flexibility index (Phi) is 8.75. The summed E-state index contributed by atoms with van der Waals surface area (Å²) in [5, 5.41) is 11.6. The maximum atomic E-state index is 12.8. The van der Waals surface area contributed by atoms with Gasteiger partial charge in [-0.05, 0) is 30.5 Å². The van der Waals surface area contributed by atoms with Crippen LogP contribution in [0, 0.1) is 5.92 Å². The second-order valence-corrected chi connectivity index (χ2v) is 11.9. The van der Waals surface area contributed by atoms with Crippen molar-refractivity contribution in [2.45, 2.75) is 22.9 Å². The smallest absolute Gasteiger partial charge is 0.316 e. The Balaban J connectivity index is 1.51. The molecule has 0 bridgehead atoms. The standard InChI is InChI=1S/C18H20Cl2N4O5S3/c1-29-15(25)9-30-18-23-22-17(31-18)21-16(26)11-4-6-24(7-5-11)32(27,28)10-12-2-3-13(19)8-14(12)20/h2-3,8,11H,4-7,9-10H2,1H3,(H,21,22,26). The van der Waals surface area contributed by atoms with Gasteiger partial charge in [0.15, 0.2) is 4.34 Å². The van der Waals surface area contributed by atoms with Crippen molar-refractivity contribution in [3.05, 3.63) is 33.8 Å². The molecule has 1 aliphatic heterocycles. The van der Waals surface area contributed by atoms with E-state index >= 15 is 0 Å². The van der Waals surface area contributed by atoms with Crippen LogP contribution in [0.4, 0.5) is 5.13 Å². The second-order valence-electron chi connectivity index (χ2n) is 6.89. The molecule has 1 N–H and O–H groups in total. The molecule has 1 amide bonds. The third-order valence-electron chi connectivity index (χ3n) is 4.75. The number of rotatable bonds is 8. The maximum Gasteiger partial charge on any atom is 0.316 e. The molecule has 2 aromatic rings. The van der Waals surface area contributed by atoms with Gasteiger partial charge in [0.25, 0.3) is 0 Å². The number of ether oxygens (including phenoxy) is 1. The molecule has 1 fully saturated rings. The predicted octanol–water partition coefficient (Wildman–Crippen LogP) is 3.29. The van der Waals surface area contributed by atoms with E-state index in [1.54, 1.807) is 12.1 Å². The lowest BCUT2D eigenvalue weighted by molar-refractivity contribution is -0.137. The normalized spacial score (nSPS) is 15.5. The molecule has 0 atom stereocenters. The minimum Gasteiger partial charge on any atom is -0.468 e. The number of hydrogen-bond donors (Lipinski definition) is 1. The fraction of sp³-hybridized carbons (Fsp3) is 0.444. The zero-order valence-electron chi connectivity index (χ0n) is 16.9. The number of anilines is 1. The van der Waals surface area contributed by atoms with Crippen molar-refractivity contribution in [1.29, 1.82) is 0 Å². The number of halogens is 2. The number of nitrogens with one attached hydrogen (secondary N) is 1. The highest BCUT2D eigenvalue weighted by atomic mass is 35.5. The van der Waals surface area contributed by atoms with Gasteiger partial charge in [-0.3, -0.25) is 9.59 Å². The molecule has 174 valence electrons. The molecule has 1 aliphatic rings. The molecule has 32 heavy (non-hydrogen) atoms. The summed E-state index contributed by atoms with van der Waals surface area (Å²) in [5.74, 6) is -1.07. The number of benzene rings is 1. The van der Waals surface area contributed by atoms with Crippen molar-refractivity contribution < 1.29 is 22.7 Å². The SMILES string of the molecule is COC(=O)CSc1nnc(NC(=O)C2CCN(S(=O)(=O)Cc3ccc(Cl)cc3Cl)CC2)s1. The van der Waals surface area contributed by atoms with Gasteiger partial charge in [0, 0.05) is 29.1 Å². The summed E-state index contributed by atoms with van der Waals surface area (Å²) in [6.45, 7) is 0.476. The van der Waals surface area contributed by atoms with Gasteiger partial charge in [-0.1, -0.05) is 52.4 Å². The van der Waals surface area contributed by atoms with Gasteiger partial charge in [0.1, 0.15) is 0 Å². The molecule has 0 unspecified atom stereocenters. The van der Waals surface area contributed by atoms with E-state index in [1.165, 1.54) is 29.2 Å². The van der Waals surface area contributed by atoms with Crippen LogP contribution in [0.1, 0.15) is 18.4 Å². The van der Waals surface area contributed by atoms with Gasteiger partial charge in [0.05, 0.1) is 18.6 Å². The Hall–Kier alpha value is -1.44. The molecule has 0 aliphatic carbocycles. The van der Waals surface area contributed by atoms with Gasteiger partial charge in [0.2, 0.25) is 21.1 Å². The largest absolute Gasteiger partial charge is 0.468 e. The van der Waals surface area contributed by atoms with Crippen LogP contribution in [-0.4, -0.2) is 60.7 Å². The van der Waals surface area contributed by atoms with Gasteiger partial charge in [-0.15, -0.1) is 10.2 Å². The maximum absolute atomic E-state index is 12.8. The van der Waals surface area contributed by atoms with Crippen molar-refractivity contribution in [3.63, 3.8) is 0 Å². The first-order chi connectivity index (χ1) is 15.2. The summed E-state index contributed by atoms with van der Waals surface area (Å²) in [5.41, 5.74) is 0.480. The topological polar surface area (TPSA) is 119 Å². The van der Waals surface area contributed by atoms with Crippen LogP contribution >= 0.6 is 46.3 Å². The van der Waals surface area contributed by atoms with Crippen LogP contribution in [0.3, 0.4) is 0 Å². The van der Waals surface area contributed by atoms with E-state index in [-0.39, 0.29) is 42.4 Å². The van der Waals surface area contributed by atoms with Crippen LogP contribution in [0.2, 0.25) is 10.0 Å². The Morgan fingerprint density at radius 3 is 2.66 bits per heavy atom. The molecule has 9 nitrogen and oxygen atoms in total. The highest BCUT2D eigenvalue weighted by Crippen LogP contribution is 2.28. The number of nitrogens with zero attached hydrogens (tertiary/aromatic N) is 3. The van der Waals surface area contributed by atoms with Crippen molar-refractivity contribution >= 4 is 73.3 Å². The highest BCUT2D eigenvalue weighted by Gasteiger charge is 2.32. The molecule has 2 heterocycles. The molecule has 1 aromatic heterocycles. The number of sulfonamides is 1.